The monoisotopic (exact) mass is 433 g/mol. The maximum Gasteiger partial charge on any atom is 0.335 e. The first-order valence-corrected chi connectivity index (χ1v) is 8.62. The number of nitrogens with one attached hydrogen (secondary N) is 2. The zero-order chi connectivity index (χ0) is 16.3. The van der Waals surface area contributed by atoms with Crippen LogP contribution in [0, 0.1) is 17.4 Å². The van der Waals surface area contributed by atoms with E-state index in [1.165, 1.54) is 6.07 Å². The number of nitrogens with zero attached hydrogens (tertiary/aromatic N) is 3. The van der Waals surface area contributed by atoms with Crippen LogP contribution in [0.25, 0.3) is 0 Å². The summed E-state index contributed by atoms with van der Waals surface area (Å²) in [7, 11) is -3.97. The average molecular weight is 433 g/mol. The van der Waals surface area contributed by atoms with Crippen LogP contribution in [0.4, 0.5) is 10.7 Å². The molecule has 1 heterocycles. The minimum absolute atomic E-state index is 0.0135. The third-order valence-electron chi connectivity index (χ3n) is 2.44. The van der Waals surface area contributed by atoms with E-state index in [1.54, 1.807) is 32.0 Å². The van der Waals surface area contributed by atoms with Gasteiger partial charge < -0.3 is 0 Å². The van der Waals surface area contributed by atoms with Gasteiger partial charge in [0.1, 0.15) is 16.5 Å². The minimum atomic E-state index is -3.97. The maximum absolute atomic E-state index is 12.2. The Labute approximate surface area is 141 Å². The van der Waals surface area contributed by atoms with Crippen molar-refractivity contribution in [2.24, 2.45) is 0 Å². The lowest BCUT2D eigenvalue weighted by molar-refractivity contribution is 0.256. The van der Waals surface area contributed by atoms with E-state index in [9.17, 15) is 13.2 Å². The smallest absolute Gasteiger partial charge is 0.275 e. The largest absolute Gasteiger partial charge is 0.335 e. The number of rotatable bonds is 3. The topological polar surface area (TPSA) is 114 Å². The van der Waals surface area contributed by atoms with Crippen molar-refractivity contribution >= 4 is 44.6 Å². The molecule has 2 amide bonds. The van der Waals surface area contributed by atoms with Crippen molar-refractivity contribution in [1.29, 1.82) is 0 Å². The number of aryl methyl sites for hydroxylation is 2. The molecule has 0 aliphatic heterocycles. The second-order valence-electron chi connectivity index (χ2n) is 4.24. The summed E-state index contributed by atoms with van der Waals surface area (Å²) in [6, 6.07) is 5.38. The van der Waals surface area contributed by atoms with Gasteiger partial charge in [0.05, 0.1) is 0 Å². The SMILES string of the molecule is Cc1nc(C)nc(NC(=O)NS(=O)(=O)c2ccccc2I)n1. The third kappa shape index (κ3) is 4.10. The molecule has 116 valence electrons. The summed E-state index contributed by atoms with van der Waals surface area (Å²) >= 11 is 1.88. The molecule has 0 aliphatic carbocycles. The van der Waals surface area contributed by atoms with E-state index >= 15 is 0 Å². The van der Waals surface area contributed by atoms with Crippen molar-refractivity contribution < 1.29 is 13.2 Å². The summed E-state index contributed by atoms with van der Waals surface area (Å²) in [5.41, 5.74) is 0. The molecule has 0 atom stereocenters. The number of halogens is 1. The first-order valence-electron chi connectivity index (χ1n) is 6.05. The first-order chi connectivity index (χ1) is 10.3. The highest BCUT2D eigenvalue weighted by atomic mass is 127. The fourth-order valence-electron chi connectivity index (χ4n) is 1.64. The van der Waals surface area contributed by atoms with Gasteiger partial charge in [0.2, 0.25) is 5.95 Å². The van der Waals surface area contributed by atoms with E-state index in [0.717, 1.165) is 0 Å². The second-order valence-corrected chi connectivity index (χ2v) is 7.06. The maximum atomic E-state index is 12.2. The molecule has 22 heavy (non-hydrogen) atoms. The highest BCUT2D eigenvalue weighted by Crippen LogP contribution is 2.17. The number of urea groups is 1. The highest BCUT2D eigenvalue weighted by molar-refractivity contribution is 14.1. The molecule has 2 aromatic rings. The van der Waals surface area contributed by atoms with Gasteiger partial charge in [0.15, 0.2) is 0 Å². The van der Waals surface area contributed by atoms with Crippen LogP contribution in [0.1, 0.15) is 11.6 Å². The van der Waals surface area contributed by atoms with Crippen molar-refractivity contribution in [2.45, 2.75) is 18.7 Å². The number of hydrogen-bond donors (Lipinski definition) is 2. The minimum Gasteiger partial charge on any atom is -0.275 e. The van der Waals surface area contributed by atoms with E-state index in [-0.39, 0.29) is 10.8 Å². The average Bonchev–Trinajstić information content (AvgIpc) is 2.36. The summed E-state index contributed by atoms with van der Waals surface area (Å²) < 4.78 is 26.7. The number of aromatic nitrogens is 3. The molecule has 0 bridgehead atoms. The molecule has 1 aromatic heterocycles. The second kappa shape index (κ2) is 6.52. The Morgan fingerprint density at radius 3 is 2.27 bits per heavy atom. The number of carbonyl (C=O) groups excluding carboxylic acids is 1. The molecule has 0 fully saturated rings. The van der Waals surface area contributed by atoms with Crippen molar-refractivity contribution in [3.8, 4) is 0 Å². The van der Waals surface area contributed by atoms with Crippen LogP contribution in [-0.4, -0.2) is 29.4 Å². The van der Waals surface area contributed by atoms with Crippen LogP contribution in [0.5, 0.6) is 0 Å². The first kappa shape index (κ1) is 16.5. The molecular formula is C12H12IN5O3S. The fraction of sp³-hybridized carbons (Fsp3) is 0.167. The van der Waals surface area contributed by atoms with Gasteiger partial charge in [-0.1, -0.05) is 12.1 Å². The van der Waals surface area contributed by atoms with Crippen molar-refractivity contribution in [2.75, 3.05) is 5.32 Å². The van der Waals surface area contributed by atoms with E-state index in [4.69, 9.17) is 0 Å². The van der Waals surface area contributed by atoms with Crippen molar-refractivity contribution in [3.05, 3.63) is 39.5 Å². The Kier molecular flexibility index (Phi) is 4.90. The molecule has 0 radical (unpaired) electrons. The normalized spacial score (nSPS) is 11.0. The molecule has 10 heteroatoms. The Bertz CT molecular complexity index is 805. The number of benzene rings is 1. The Morgan fingerprint density at radius 2 is 1.68 bits per heavy atom. The zero-order valence-corrected chi connectivity index (χ0v) is 14.6. The van der Waals surface area contributed by atoms with Crippen LogP contribution in [0.3, 0.4) is 0 Å². The fourth-order valence-corrected chi connectivity index (χ4v) is 3.88. The predicted octanol–water partition coefficient (Wildman–Crippen LogP) is 1.60. The Hall–Kier alpha value is -1.82. The Balaban J connectivity index is 2.16. The summed E-state index contributed by atoms with van der Waals surface area (Å²) in [5.74, 6) is 0.826. The van der Waals surface area contributed by atoms with Gasteiger partial charge in [0, 0.05) is 3.57 Å². The number of anilines is 1. The zero-order valence-electron chi connectivity index (χ0n) is 11.7. The molecule has 1 aromatic carbocycles. The molecule has 2 rings (SSSR count). The molecular weight excluding hydrogens is 421 g/mol. The summed E-state index contributed by atoms with van der Waals surface area (Å²) in [4.78, 5) is 23.6. The number of sulfonamides is 1. The van der Waals surface area contributed by atoms with Gasteiger partial charge in [-0.25, -0.2) is 22.9 Å². The number of carbonyl (C=O) groups is 1. The molecule has 0 saturated heterocycles. The van der Waals surface area contributed by atoms with Crippen molar-refractivity contribution in [1.82, 2.24) is 19.7 Å². The van der Waals surface area contributed by atoms with Crippen LogP contribution in [0.2, 0.25) is 0 Å². The van der Waals surface area contributed by atoms with Crippen LogP contribution in [0.15, 0.2) is 29.2 Å². The predicted molar refractivity (Wildman–Crippen MR) is 87.8 cm³/mol. The van der Waals surface area contributed by atoms with Gasteiger partial charge in [-0.05, 0) is 48.6 Å². The van der Waals surface area contributed by atoms with Gasteiger partial charge >= 0.3 is 6.03 Å². The van der Waals surface area contributed by atoms with Gasteiger partial charge in [0.25, 0.3) is 10.0 Å². The molecule has 8 nitrogen and oxygen atoms in total. The lowest BCUT2D eigenvalue weighted by Crippen LogP contribution is -2.35. The summed E-state index contributed by atoms with van der Waals surface area (Å²) in [5, 5.41) is 2.28. The number of hydrogen-bond acceptors (Lipinski definition) is 6. The van der Waals surface area contributed by atoms with E-state index in [1.807, 2.05) is 27.3 Å². The molecule has 0 spiro atoms. The molecule has 0 saturated carbocycles. The van der Waals surface area contributed by atoms with E-state index in [2.05, 4.69) is 20.3 Å². The van der Waals surface area contributed by atoms with Gasteiger partial charge in [-0.3, -0.25) is 5.32 Å². The van der Waals surface area contributed by atoms with Crippen LogP contribution >= 0.6 is 22.6 Å². The Morgan fingerprint density at radius 1 is 1.09 bits per heavy atom. The quantitative estimate of drug-likeness (QED) is 0.711. The summed E-state index contributed by atoms with van der Waals surface area (Å²) in [6.07, 6.45) is 0. The number of amides is 2. The van der Waals surface area contributed by atoms with Crippen LogP contribution in [-0.2, 0) is 10.0 Å². The third-order valence-corrected chi connectivity index (χ3v) is 5.13. The van der Waals surface area contributed by atoms with Crippen LogP contribution < -0.4 is 10.0 Å². The van der Waals surface area contributed by atoms with E-state index < -0.39 is 16.1 Å². The lowest BCUT2D eigenvalue weighted by atomic mass is 10.4. The van der Waals surface area contributed by atoms with E-state index in [0.29, 0.717) is 15.2 Å². The molecule has 2 N–H and O–H groups in total. The van der Waals surface area contributed by atoms with Gasteiger partial charge in [-0.2, -0.15) is 9.97 Å². The van der Waals surface area contributed by atoms with Gasteiger partial charge in [-0.15, -0.1) is 0 Å². The lowest BCUT2D eigenvalue weighted by Gasteiger charge is -2.09. The molecule has 0 aliphatic rings. The summed E-state index contributed by atoms with van der Waals surface area (Å²) in [6.45, 7) is 3.28. The molecule has 0 unspecified atom stereocenters. The van der Waals surface area contributed by atoms with Crippen molar-refractivity contribution in [3.63, 3.8) is 0 Å². The highest BCUT2D eigenvalue weighted by Gasteiger charge is 2.20. The standard InChI is InChI=1S/C12H12IN5O3S/c1-7-14-8(2)16-11(15-7)17-12(19)18-22(20,21)10-6-4-3-5-9(10)13/h3-6H,1-2H3,(H2,14,15,16,17,18,19).